The Hall–Kier alpha value is -1.58. The van der Waals surface area contributed by atoms with E-state index in [0.29, 0.717) is 43.0 Å². The molecule has 2 rings (SSSR count). The van der Waals surface area contributed by atoms with E-state index in [1.807, 2.05) is 6.92 Å². The summed E-state index contributed by atoms with van der Waals surface area (Å²) < 4.78 is 17.9. The molecule has 1 saturated carbocycles. The molecular weight excluding hydrogens is 408 g/mol. The van der Waals surface area contributed by atoms with Gasteiger partial charge in [0.25, 0.3) is 0 Å². The van der Waals surface area contributed by atoms with Gasteiger partial charge in [-0.1, -0.05) is 58.1 Å². The predicted molar refractivity (Wildman–Crippen MR) is 140 cm³/mol. The summed E-state index contributed by atoms with van der Waals surface area (Å²) in [6, 6.07) is 8.58. The first kappa shape index (κ1) is 27.7. The van der Waals surface area contributed by atoms with Crippen molar-refractivity contribution in [1.82, 2.24) is 0 Å². The minimum Gasteiger partial charge on any atom is -0.465 e. The van der Waals surface area contributed by atoms with Crippen molar-refractivity contribution in [3.05, 3.63) is 53.6 Å². The molecule has 0 bridgehead atoms. The molecule has 1 aliphatic carbocycles. The van der Waals surface area contributed by atoms with Gasteiger partial charge in [0, 0.05) is 0 Å². The number of hydrogen-bond acceptors (Lipinski definition) is 3. The molecule has 0 heterocycles. The van der Waals surface area contributed by atoms with E-state index >= 15 is 0 Å². The topological polar surface area (TPSA) is 27.7 Å². The maximum absolute atomic E-state index is 6.08. The molecule has 0 aliphatic heterocycles. The van der Waals surface area contributed by atoms with E-state index in [-0.39, 0.29) is 6.29 Å². The van der Waals surface area contributed by atoms with Crippen molar-refractivity contribution in [1.29, 1.82) is 0 Å². The predicted octanol–water partition coefficient (Wildman–Crippen LogP) is 8.31. The molecule has 0 N–H and O–H groups in total. The molecule has 1 fully saturated rings. The van der Waals surface area contributed by atoms with Crippen LogP contribution in [0.3, 0.4) is 0 Å². The van der Waals surface area contributed by atoms with Crippen LogP contribution in [0, 0.1) is 17.8 Å². The summed E-state index contributed by atoms with van der Waals surface area (Å²) in [7, 11) is 0. The number of benzene rings is 1. The molecule has 1 aromatic carbocycles. The molecule has 186 valence electrons. The number of rotatable bonds is 13. The third-order valence-corrected chi connectivity index (χ3v) is 6.77. The average Bonchev–Trinajstić information content (AvgIpc) is 2.79. The molecule has 0 amide bonds. The lowest BCUT2D eigenvalue weighted by atomic mass is 9.82. The van der Waals surface area contributed by atoms with Crippen molar-refractivity contribution in [2.24, 2.45) is 17.8 Å². The van der Waals surface area contributed by atoms with Crippen molar-refractivity contribution in [3.63, 3.8) is 0 Å². The van der Waals surface area contributed by atoms with E-state index in [0.717, 1.165) is 18.6 Å². The first-order chi connectivity index (χ1) is 15.8. The highest BCUT2D eigenvalue weighted by Crippen LogP contribution is 2.33. The Morgan fingerprint density at radius 2 is 1.61 bits per heavy atom. The summed E-state index contributed by atoms with van der Waals surface area (Å²) >= 11 is 0. The first-order valence-corrected chi connectivity index (χ1v) is 13.1. The Morgan fingerprint density at radius 3 is 2.15 bits per heavy atom. The monoisotopic (exact) mass is 456 g/mol. The zero-order chi connectivity index (χ0) is 24.2. The Morgan fingerprint density at radius 1 is 0.939 bits per heavy atom. The van der Waals surface area contributed by atoms with Crippen molar-refractivity contribution in [2.75, 3.05) is 13.2 Å². The summed E-state index contributed by atoms with van der Waals surface area (Å²) in [5, 5.41) is 0. The molecule has 0 radical (unpaired) electrons. The Bertz CT molecular complexity index is 709. The zero-order valence-electron chi connectivity index (χ0n) is 22.2. The molecule has 33 heavy (non-hydrogen) atoms. The fourth-order valence-electron chi connectivity index (χ4n) is 4.97. The highest BCUT2D eigenvalue weighted by molar-refractivity contribution is 5.30. The van der Waals surface area contributed by atoms with Crippen LogP contribution in [0.2, 0.25) is 0 Å². The quantitative estimate of drug-likeness (QED) is 0.170. The maximum Gasteiger partial charge on any atom is 0.197 e. The minimum atomic E-state index is -0.287. The fourth-order valence-corrected chi connectivity index (χ4v) is 4.97. The van der Waals surface area contributed by atoms with Crippen molar-refractivity contribution >= 4 is 0 Å². The summed E-state index contributed by atoms with van der Waals surface area (Å²) in [6.45, 7) is 16.6. The smallest absolute Gasteiger partial charge is 0.197 e. The van der Waals surface area contributed by atoms with Gasteiger partial charge in [-0.15, -0.1) is 0 Å². The molecule has 2 atom stereocenters. The number of hydrogen-bond donors (Lipinski definition) is 0. The molecule has 1 aromatic rings. The van der Waals surface area contributed by atoms with E-state index in [1.165, 1.54) is 30.4 Å². The van der Waals surface area contributed by atoms with E-state index in [2.05, 4.69) is 84.0 Å². The van der Waals surface area contributed by atoms with Crippen LogP contribution < -0.4 is 4.74 Å². The van der Waals surface area contributed by atoms with E-state index < -0.39 is 0 Å². The maximum atomic E-state index is 6.08. The normalized spacial score (nSPS) is 21.7. The van der Waals surface area contributed by atoms with E-state index in [4.69, 9.17) is 14.2 Å². The SMILES string of the molecule is CC=CC(=CC)C1CCC(OCCOC(C)Oc2ccc(C(CC(C)C)C(C)C)cc2)CC1. The van der Waals surface area contributed by atoms with Gasteiger partial charge < -0.3 is 14.2 Å². The molecule has 0 aromatic heterocycles. The zero-order valence-corrected chi connectivity index (χ0v) is 22.2. The van der Waals surface area contributed by atoms with Crippen molar-refractivity contribution < 1.29 is 14.2 Å². The van der Waals surface area contributed by atoms with Gasteiger partial charge in [-0.05, 0) is 99.8 Å². The lowest BCUT2D eigenvalue weighted by Crippen LogP contribution is -2.25. The Kier molecular flexibility index (Phi) is 12.3. The Labute approximate surface area is 203 Å². The van der Waals surface area contributed by atoms with Crippen LogP contribution in [-0.4, -0.2) is 25.6 Å². The van der Waals surface area contributed by atoms with Crippen LogP contribution >= 0.6 is 0 Å². The molecule has 3 heteroatoms. The number of ether oxygens (including phenoxy) is 3. The lowest BCUT2D eigenvalue weighted by molar-refractivity contribution is -0.0948. The highest BCUT2D eigenvalue weighted by Gasteiger charge is 2.23. The Balaban J connectivity index is 1.68. The third kappa shape index (κ3) is 9.66. The second kappa shape index (κ2) is 14.6. The van der Waals surface area contributed by atoms with Gasteiger partial charge in [0.1, 0.15) is 5.75 Å². The van der Waals surface area contributed by atoms with Crippen LogP contribution in [0.1, 0.15) is 92.1 Å². The van der Waals surface area contributed by atoms with E-state index in [9.17, 15) is 0 Å². The van der Waals surface area contributed by atoms with Crippen LogP contribution in [0.15, 0.2) is 48.1 Å². The van der Waals surface area contributed by atoms with E-state index in [1.54, 1.807) is 0 Å². The molecular formula is C30H48O3. The van der Waals surface area contributed by atoms with Crippen LogP contribution in [-0.2, 0) is 9.47 Å². The standard InChI is InChI=1S/C30H48O3/c1-8-10-25(9-2)26-11-15-28(16-12-26)32-20-19-31-24(7)33-29-17-13-27(14-18-29)30(23(5)6)21-22(3)4/h8-10,13-14,17-18,22-24,26,28,30H,11-12,15-16,19-21H2,1-7H3. The van der Waals surface area contributed by atoms with Gasteiger partial charge in [0.2, 0.25) is 0 Å². The van der Waals surface area contributed by atoms with Gasteiger partial charge in [-0.3, -0.25) is 0 Å². The van der Waals surface area contributed by atoms with Crippen molar-refractivity contribution in [2.45, 2.75) is 98.9 Å². The summed E-state index contributed by atoms with van der Waals surface area (Å²) in [6.07, 6.45) is 12.6. The average molecular weight is 457 g/mol. The van der Waals surface area contributed by atoms with Crippen LogP contribution in [0.5, 0.6) is 5.75 Å². The molecule has 1 aliphatic rings. The number of allylic oxidation sites excluding steroid dienone is 4. The molecule has 2 unspecified atom stereocenters. The second-order valence-electron chi connectivity index (χ2n) is 10.2. The minimum absolute atomic E-state index is 0.287. The largest absolute Gasteiger partial charge is 0.465 e. The summed E-state index contributed by atoms with van der Waals surface area (Å²) in [5.41, 5.74) is 2.87. The van der Waals surface area contributed by atoms with Gasteiger partial charge in [0.15, 0.2) is 6.29 Å². The van der Waals surface area contributed by atoms with Crippen LogP contribution in [0.4, 0.5) is 0 Å². The lowest BCUT2D eigenvalue weighted by Gasteiger charge is -2.29. The van der Waals surface area contributed by atoms with Gasteiger partial charge in [-0.25, -0.2) is 0 Å². The van der Waals surface area contributed by atoms with Gasteiger partial charge >= 0.3 is 0 Å². The summed E-state index contributed by atoms with van der Waals surface area (Å²) in [5.74, 6) is 3.46. The first-order valence-electron chi connectivity index (χ1n) is 13.1. The fraction of sp³-hybridized carbons (Fsp3) is 0.667. The molecule has 3 nitrogen and oxygen atoms in total. The van der Waals surface area contributed by atoms with Gasteiger partial charge in [0.05, 0.1) is 19.3 Å². The highest BCUT2D eigenvalue weighted by atomic mass is 16.7. The molecule has 0 spiro atoms. The van der Waals surface area contributed by atoms with Gasteiger partial charge in [-0.2, -0.15) is 0 Å². The summed E-state index contributed by atoms with van der Waals surface area (Å²) in [4.78, 5) is 0. The van der Waals surface area contributed by atoms with Crippen molar-refractivity contribution in [3.8, 4) is 5.75 Å². The molecule has 0 saturated heterocycles. The second-order valence-corrected chi connectivity index (χ2v) is 10.2. The van der Waals surface area contributed by atoms with Crippen LogP contribution in [0.25, 0.3) is 0 Å². The third-order valence-electron chi connectivity index (χ3n) is 6.77.